The molecule has 0 saturated heterocycles. The Morgan fingerprint density at radius 2 is 1.77 bits per heavy atom. The number of aliphatic imine (C=N–C) groups is 1. The third-order valence-electron chi connectivity index (χ3n) is 4.24. The maximum Gasteiger partial charge on any atom is 0.175 e. The molecule has 0 bridgehead atoms. The zero-order valence-corrected chi connectivity index (χ0v) is 14.7. The van der Waals surface area contributed by atoms with Crippen molar-refractivity contribution < 1.29 is 14.0 Å². The Morgan fingerprint density at radius 1 is 1.19 bits per heavy atom. The summed E-state index contributed by atoms with van der Waals surface area (Å²) in [4.78, 5) is 30.2. The van der Waals surface area contributed by atoms with Gasteiger partial charge in [0.2, 0.25) is 0 Å². The highest BCUT2D eigenvalue weighted by atomic mass is 19.1. The van der Waals surface area contributed by atoms with Gasteiger partial charge in [0.25, 0.3) is 0 Å². The fourth-order valence-corrected chi connectivity index (χ4v) is 3.14. The average Bonchev–Trinajstić information content (AvgIpc) is 2.61. The monoisotopic (exact) mass is 352 g/mol. The topological polar surface area (TPSA) is 97.3 Å². The van der Waals surface area contributed by atoms with Crippen LogP contribution in [-0.4, -0.2) is 34.8 Å². The van der Waals surface area contributed by atoms with E-state index in [1.54, 1.807) is 6.92 Å². The summed E-state index contributed by atoms with van der Waals surface area (Å²) in [5.74, 6) is -2.23. The molecule has 0 saturated carbocycles. The Hall–Kier alpha value is -3.32. The lowest BCUT2D eigenvalue weighted by atomic mass is 9.83. The standard InChI is InChI=1S/C19H17FN4O2/c1-4-24-16(10-22)15(9-21)23-18(13-5-7-14(20)8-6-13)19(24)17(11(2)25)12(3)26/h5-8,17,19H,4H2,1-3H3. The van der Waals surface area contributed by atoms with Gasteiger partial charge in [0, 0.05) is 6.54 Å². The second kappa shape index (κ2) is 7.71. The molecule has 1 aromatic rings. The van der Waals surface area contributed by atoms with Gasteiger partial charge in [-0.2, -0.15) is 10.5 Å². The van der Waals surface area contributed by atoms with E-state index < -0.39 is 17.8 Å². The largest absolute Gasteiger partial charge is 0.351 e. The molecule has 132 valence electrons. The molecule has 1 aromatic carbocycles. The second-order valence-electron chi connectivity index (χ2n) is 5.85. The lowest BCUT2D eigenvalue weighted by Crippen LogP contribution is -2.52. The third-order valence-corrected chi connectivity index (χ3v) is 4.24. The maximum absolute atomic E-state index is 13.3. The van der Waals surface area contributed by atoms with E-state index in [0.717, 1.165) is 0 Å². The Morgan fingerprint density at radius 3 is 2.19 bits per heavy atom. The molecular formula is C19H17FN4O2. The van der Waals surface area contributed by atoms with Crippen molar-refractivity contribution in [2.24, 2.45) is 10.9 Å². The van der Waals surface area contributed by atoms with E-state index in [2.05, 4.69) is 4.99 Å². The number of carbonyl (C=O) groups is 2. The molecule has 0 fully saturated rings. The molecule has 0 aromatic heterocycles. The molecule has 1 heterocycles. The molecule has 1 aliphatic rings. The predicted octanol–water partition coefficient (Wildman–Crippen LogP) is 2.37. The second-order valence-corrected chi connectivity index (χ2v) is 5.85. The van der Waals surface area contributed by atoms with Crippen LogP contribution in [0.15, 0.2) is 40.7 Å². The van der Waals surface area contributed by atoms with Crippen LogP contribution in [0.5, 0.6) is 0 Å². The fraction of sp³-hybridized carbons (Fsp3) is 0.316. The molecule has 6 nitrogen and oxygen atoms in total. The molecule has 1 aliphatic heterocycles. The molecule has 0 N–H and O–H groups in total. The first-order chi connectivity index (χ1) is 12.3. The van der Waals surface area contributed by atoms with Crippen LogP contribution < -0.4 is 0 Å². The van der Waals surface area contributed by atoms with Crippen molar-refractivity contribution in [3.63, 3.8) is 0 Å². The van der Waals surface area contributed by atoms with Gasteiger partial charge < -0.3 is 4.90 Å². The van der Waals surface area contributed by atoms with Crippen molar-refractivity contribution in [2.45, 2.75) is 26.8 Å². The van der Waals surface area contributed by atoms with E-state index in [1.807, 2.05) is 12.1 Å². The molecular weight excluding hydrogens is 335 g/mol. The number of Topliss-reactive ketones (excluding diaryl/α,β-unsaturated/α-hetero) is 2. The van der Waals surface area contributed by atoms with Gasteiger partial charge in [0.1, 0.15) is 35.4 Å². The van der Waals surface area contributed by atoms with Gasteiger partial charge >= 0.3 is 0 Å². The number of hydrogen-bond acceptors (Lipinski definition) is 6. The number of rotatable bonds is 5. The number of halogens is 1. The molecule has 26 heavy (non-hydrogen) atoms. The van der Waals surface area contributed by atoms with E-state index >= 15 is 0 Å². The summed E-state index contributed by atoms with van der Waals surface area (Å²) in [6, 6.07) is 8.39. The minimum absolute atomic E-state index is 0.0124. The molecule has 0 radical (unpaired) electrons. The molecule has 0 spiro atoms. The predicted molar refractivity (Wildman–Crippen MR) is 92.2 cm³/mol. The summed E-state index contributed by atoms with van der Waals surface area (Å²) < 4.78 is 13.3. The highest BCUT2D eigenvalue weighted by Crippen LogP contribution is 2.30. The first-order valence-corrected chi connectivity index (χ1v) is 8.02. The van der Waals surface area contributed by atoms with Gasteiger partial charge in [-0.15, -0.1) is 0 Å². The van der Waals surface area contributed by atoms with Crippen molar-refractivity contribution in [1.29, 1.82) is 10.5 Å². The zero-order chi connectivity index (χ0) is 19.4. The Bertz CT molecular complexity index is 874. The van der Waals surface area contributed by atoms with Crippen LogP contribution in [0.25, 0.3) is 0 Å². The van der Waals surface area contributed by atoms with Gasteiger partial charge in [-0.05, 0) is 38.5 Å². The van der Waals surface area contributed by atoms with Gasteiger partial charge in [0.15, 0.2) is 11.4 Å². The van der Waals surface area contributed by atoms with Crippen molar-refractivity contribution in [1.82, 2.24) is 4.90 Å². The summed E-state index contributed by atoms with van der Waals surface area (Å²) >= 11 is 0. The summed E-state index contributed by atoms with van der Waals surface area (Å²) in [6.45, 7) is 4.65. The minimum Gasteiger partial charge on any atom is -0.351 e. The Labute approximate surface area is 150 Å². The summed E-state index contributed by atoms with van der Waals surface area (Å²) in [6.07, 6.45) is 0. The van der Waals surface area contributed by atoms with E-state index in [1.165, 1.54) is 43.0 Å². The average molecular weight is 352 g/mol. The Kier molecular flexibility index (Phi) is 5.64. The van der Waals surface area contributed by atoms with Gasteiger partial charge in [-0.1, -0.05) is 12.1 Å². The first-order valence-electron chi connectivity index (χ1n) is 8.02. The lowest BCUT2D eigenvalue weighted by molar-refractivity contribution is -0.131. The van der Waals surface area contributed by atoms with Gasteiger partial charge in [0.05, 0.1) is 11.8 Å². The quantitative estimate of drug-likeness (QED) is 0.758. The van der Waals surface area contributed by atoms with Crippen LogP contribution >= 0.6 is 0 Å². The summed E-state index contributed by atoms with van der Waals surface area (Å²) in [7, 11) is 0. The smallest absolute Gasteiger partial charge is 0.175 e. The number of nitriles is 2. The maximum atomic E-state index is 13.3. The summed E-state index contributed by atoms with van der Waals surface area (Å²) in [5, 5.41) is 18.8. The number of ketones is 2. The normalized spacial score (nSPS) is 16.8. The SMILES string of the molecule is CCN1C(C#N)=C(C#N)N=C(c2ccc(F)cc2)C1C(C(C)=O)C(C)=O. The van der Waals surface area contributed by atoms with Crippen LogP contribution in [0.3, 0.4) is 0 Å². The number of benzene rings is 1. The minimum atomic E-state index is -1.05. The number of likely N-dealkylation sites (N-methyl/N-ethyl adjacent to an activating group) is 1. The molecule has 1 atom stereocenters. The molecule has 0 aliphatic carbocycles. The molecule has 2 rings (SSSR count). The van der Waals surface area contributed by atoms with E-state index in [9.17, 15) is 24.5 Å². The van der Waals surface area contributed by atoms with Crippen molar-refractivity contribution in [2.75, 3.05) is 6.54 Å². The summed E-state index contributed by atoms with van der Waals surface area (Å²) in [5.41, 5.74) is 0.680. The molecule has 1 unspecified atom stereocenters. The van der Waals surface area contributed by atoms with Crippen molar-refractivity contribution in [3.8, 4) is 12.1 Å². The number of nitrogens with zero attached hydrogens (tertiary/aromatic N) is 4. The van der Waals surface area contributed by atoms with Crippen molar-refractivity contribution in [3.05, 3.63) is 47.0 Å². The van der Waals surface area contributed by atoms with E-state index in [-0.39, 0.29) is 35.2 Å². The van der Waals surface area contributed by atoms with E-state index in [4.69, 9.17) is 0 Å². The highest BCUT2D eigenvalue weighted by molar-refractivity contribution is 6.13. The van der Waals surface area contributed by atoms with E-state index in [0.29, 0.717) is 5.56 Å². The number of carbonyl (C=O) groups excluding carboxylic acids is 2. The van der Waals surface area contributed by atoms with Gasteiger partial charge in [-0.25, -0.2) is 9.38 Å². The third kappa shape index (κ3) is 3.38. The highest BCUT2D eigenvalue weighted by Gasteiger charge is 2.41. The van der Waals surface area contributed by atoms with Crippen LogP contribution in [0.2, 0.25) is 0 Å². The molecule has 0 amide bonds. The van der Waals surface area contributed by atoms with Crippen LogP contribution in [0.1, 0.15) is 26.3 Å². The lowest BCUT2D eigenvalue weighted by Gasteiger charge is -2.38. The Balaban J connectivity index is 2.77. The van der Waals surface area contributed by atoms with Crippen LogP contribution in [0, 0.1) is 34.4 Å². The van der Waals surface area contributed by atoms with Crippen LogP contribution in [0.4, 0.5) is 4.39 Å². The van der Waals surface area contributed by atoms with Crippen LogP contribution in [-0.2, 0) is 9.59 Å². The number of hydrogen-bond donors (Lipinski definition) is 0. The molecule has 7 heteroatoms. The van der Waals surface area contributed by atoms with Crippen molar-refractivity contribution >= 4 is 17.3 Å². The first kappa shape index (κ1) is 19.0. The fourth-order valence-electron chi connectivity index (χ4n) is 3.14. The number of allylic oxidation sites excluding steroid dienone is 2. The zero-order valence-electron chi connectivity index (χ0n) is 14.7. The van der Waals surface area contributed by atoms with Gasteiger partial charge in [-0.3, -0.25) is 9.59 Å².